The van der Waals surface area contributed by atoms with E-state index in [0.29, 0.717) is 23.2 Å². The lowest BCUT2D eigenvalue weighted by atomic mass is 9.82. The van der Waals surface area contributed by atoms with E-state index in [1.165, 1.54) is 27.8 Å². The van der Waals surface area contributed by atoms with Crippen LogP contribution in [0.1, 0.15) is 25.0 Å². The number of hydrogen-bond donors (Lipinski definition) is 0. The fourth-order valence-electron chi connectivity index (χ4n) is 6.65. The second kappa shape index (κ2) is 10.4. The van der Waals surface area contributed by atoms with Crippen molar-refractivity contribution in [2.75, 3.05) is 0 Å². The molecule has 0 spiro atoms. The molecule has 0 fully saturated rings. The zero-order chi connectivity index (χ0) is 30.5. The minimum Gasteiger partial charge on any atom is -0.238 e. The molecule has 6 aromatic carbocycles. The normalized spacial score (nSPS) is 12.8. The lowest BCUT2D eigenvalue weighted by Gasteiger charge is -2.22. The molecule has 1 aromatic heterocycles. The SMILES string of the molecule is [C-]#[N+]c1ccc2c(c1)C(C)(C)c1cccc(-c3ccc(-c4nc(-c5ccccc5)nc(-c5cccc6ccccc56)n4)cc3)c1-2. The molecule has 7 aromatic rings. The van der Waals surface area contributed by atoms with Crippen LogP contribution in [0.3, 0.4) is 0 Å². The topological polar surface area (TPSA) is 43.0 Å². The Morgan fingerprint density at radius 1 is 0.511 bits per heavy atom. The van der Waals surface area contributed by atoms with E-state index in [2.05, 4.69) is 97.6 Å². The van der Waals surface area contributed by atoms with Crippen molar-refractivity contribution in [2.24, 2.45) is 0 Å². The summed E-state index contributed by atoms with van der Waals surface area (Å²) in [6.07, 6.45) is 0. The highest BCUT2D eigenvalue weighted by Crippen LogP contribution is 2.52. The molecule has 0 unspecified atom stereocenters. The van der Waals surface area contributed by atoms with Gasteiger partial charge in [0.05, 0.1) is 6.57 Å². The van der Waals surface area contributed by atoms with Crippen molar-refractivity contribution in [1.29, 1.82) is 0 Å². The average molecular weight is 577 g/mol. The van der Waals surface area contributed by atoms with E-state index in [0.717, 1.165) is 33.0 Å². The van der Waals surface area contributed by atoms with Crippen molar-refractivity contribution in [3.05, 3.63) is 156 Å². The van der Waals surface area contributed by atoms with Crippen LogP contribution in [-0.4, -0.2) is 15.0 Å². The maximum atomic E-state index is 7.54. The largest absolute Gasteiger partial charge is 0.238 e. The number of hydrogen-bond acceptors (Lipinski definition) is 3. The van der Waals surface area contributed by atoms with Crippen LogP contribution < -0.4 is 0 Å². The summed E-state index contributed by atoms with van der Waals surface area (Å²) in [6, 6.07) is 45.8. The monoisotopic (exact) mass is 576 g/mol. The second-order valence-electron chi connectivity index (χ2n) is 12.0. The van der Waals surface area contributed by atoms with Crippen molar-refractivity contribution < 1.29 is 0 Å². The van der Waals surface area contributed by atoms with E-state index in [1.807, 2.05) is 54.6 Å². The van der Waals surface area contributed by atoms with Crippen molar-refractivity contribution >= 4 is 16.5 Å². The van der Waals surface area contributed by atoms with Gasteiger partial charge in [-0.05, 0) is 44.2 Å². The number of aromatic nitrogens is 3. The summed E-state index contributed by atoms with van der Waals surface area (Å²) < 4.78 is 0. The van der Waals surface area contributed by atoms with Crippen LogP contribution in [0.4, 0.5) is 5.69 Å². The number of rotatable bonds is 4. The zero-order valence-corrected chi connectivity index (χ0v) is 25.0. The molecule has 212 valence electrons. The fourth-order valence-corrected chi connectivity index (χ4v) is 6.65. The Kier molecular flexibility index (Phi) is 6.15. The van der Waals surface area contributed by atoms with Gasteiger partial charge in [-0.2, -0.15) is 0 Å². The smallest absolute Gasteiger partial charge is 0.187 e. The molecule has 0 bridgehead atoms. The van der Waals surface area contributed by atoms with Gasteiger partial charge in [0.1, 0.15) is 0 Å². The lowest BCUT2D eigenvalue weighted by molar-refractivity contribution is 0.661. The predicted molar refractivity (Wildman–Crippen MR) is 183 cm³/mol. The van der Waals surface area contributed by atoms with Crippen molar-refractivity contribution in [3.63, 3.8) is 0 Å². The van der Waals surface area contributed by atoms with Crippen LogP contribution in [0.25, 0.3) is 72.0 Å². The Morgan fingerprint density at radius 2 is 1.13 bits per heavy atom. The summed E-state index contributed by atoms with van der Waals surface area (Å²) in [7, 11) is 0. The maximum Gasteiger partial charge on any atom is 0.187 e. The highest BCUT2D eigenvalue weighted by atomic mass is 15.0. The number of nitrogens with zero attached hydrogens (tertiary/aromatic N) is 4. The molecule has 0 saturated heterocycles. The Morgan fingerprint density at radius 3 is 1.91 bits per heavy atom. The van der Waals surface area contributed by atoms with Gasteiger partial charge in [0.2, 0.25) is 0 Å². The standard InChI is InChI=1S/C41H28N4/c1-41(2)35-18-10-16-32(37(35)34-24-23-30(42-3)25-36(34)41)27-19-21-29(22-20-27)39-43-38(28-12-5-4-6-13-28)44-40(45-39)33-17-9-14-26-11-7-8-15-31(26)33/h4-25H,1-2H3. The number of fused-ring (bicyclic) bond motifs is 4. The minimum absolute atomic E-state index is 0.182. The van der Waals surface area contributed by atoms with Crippen molar-refractivity contribution in [2.45, 2.75) is 19.3 Å². The molecular weight excluding hydrogens is 548 g/mol. The Hall–Kier alpha value is -5.92. The first kappa shape index (κ1) is 26.7. The van der Waals surface area contributed by atoms with Gasteiger partial charge in [0.25, 0.3) is 0 Å². The maximum absolute atomic E-state index is 7.54. The van der Waals surface area contributed by atoms with Crippen LogP contribution >= 0.6 is 0 Å². The Bertz CT molecular complexity index is 2290. The third-order valence-electron chi connectivity index (χ3n) is 8.96. The van der Waals surface area contributed by atoms with E-state index in [1.54, 1.807) is 0 Å². The van der Waals surface area contributed by atoms with E-state index in [-0.39, 0.29) is 5.41 Å². The molecule has 4 heteroatoms. The van der Waals surface area contributed by atoms with Crippen LogP contribution in [-0.2, 0) is 5.41 Å². The first-order valence-corrected chi connectivity index (χ1v) is 15.1. The first-order valence-electron chi connectivity index (χ1n) is 15.1. The van der Waals surface area contributed by atoms with Crippen molar-refractivity contribution in [3.8, 4) is 56.4 Å². The van der Waals surface area contributed by atoms with E-state index in [9.17, 15) is 0 Å². The van der Waals surface area contributed by atoms with E-state index >= 15 is 0 Å². The molecular formula is C41H28N4. The van der Waals surface area contributed by atoms with Gasteiger partial charge in [-0.25, -0.2) is 19.8 Å². The van der Waals surface area contributed by atoms with Gasteiger partial charge in [-0.1, -0.05) is 147 Å². The molecule has 1 aliphatic carbocycles. The minimum atomic E-state index is -0.182. The second-order valence-corrected chi connectivity index (χ2v) is 12.0. The summed E-state index contributed by atoms with van der Waals surface area (Å²) in [6.45, 7) is 12.0. The van der Waals surface area contributed by atoms with Gasteiger partial charge in [-0.15, -0.1) is 0 Å². The van der Waals surface area contributed by atoms with Crippen LogP contribution in [0, 0.1) is 6.57 Å². The quantitative estimate of drug-likeness (QED) is 0.196. The van der Waals surface area contributed by atoms with Crippen molar-refractivity contribution in [1.82, 2.24) is 15.0 Å². The summed E-state index contributed by atoms with van der Waals surface area (Å²) in [5.41, 5.74) is 10.6. The van der Waals surface area contributed by atoms with Crippen LogP contribution in [0.5, 0.6) is 0 Å². The molecule has 0 radical (unpaired) electrons. The van der Waals surface area contributed by atoms with Gasteiger partial charge in [0.15, 0.2) is 23.2 Å². The number of benzene rings is 6. The molecule has 0 saturated carbocycles. The van der Waals surface area contributed by atoms with E-state index < -0.39 is 0 Å². The third-order valence-corrected chi connectivity index (χ3v) is 8.96. The van der Waals surface area contributed by atoms with Gasteiger partial charge in [0, 0.05) is 22.1 Å². The third kappa shape index (κ3) is 4.41. The molecule has 1 heterocycles. The first-order chi connectivity index (χ1) is 22.0. The fraction of sp³-hybridized carbons (Fsp3) is 0.0732. The Balaban J connectivity index is 1.25. The van der Waals surface area contributed by atoms with Gasteiger partial charge >= 0.3 is 0 Å². The summed E-state index contributed by atoms with van der Waals surface area (Å²) in [4.78, 5) is 18.6. The molecule has 0 atom stereocenters. The molecule has 0 N–H and O–H groups in total. The molecule has 8 rings (SSSR count). The van der Waals surface area contributed by atoms with Gasteiger partial charge in [-0.3, -0.25) is 0 Å². The zero-order valence-electron chi connectivity index (χ0n) is 25.0. The lowest BCUT2D eigenvalue weighted by Crippen LogP contribution is -2.14. The summed E-state index contributed by atoms with van der Waals surface area (Å²) in [5.74, 6) is 1.93. The molecule has 0 aliphatic heterocycles. The van der Waals surface area contributed by atoms with E-state index in [4.69, 9.17) is 21.5 Å². The highest BCUT2D eigenvalue weighted by Gasteiger charge is 2.36. The van der Waals surface area contributed by atoms with Crippen LogP contribution in [0.2, 0.25) is 0 Å². The predicted octanol–water partition coefficient (Wildman–Crippen LogP) is 10.5. The average Bonchev–Trinajstić information content (AvgIpc) is 3.34. The summed E-state index contributed by atoms with van der Waals surface area (Å²) >= 11 is 0. The molecule has 45 heavy (non-hydrogen) atoms. The highest BCUT2D eigenvalue weighted by molar-refractivity contribution is 5.96. The van der Waals surface area contributed by atoms with Crippen LogP contribution in [0.15, 0.2) is 133 Å². The molecule has 1 aliphatic rings. The summed E-state index contributed by atoms with van der Waals surface area (Å²) in [5, 5.41) is 2.25. The Labute approximate surface area is 262 Å². The molecule has 4 nitrogen and oxygen atoms in total. The molecule has 0 amide bonds. The van der Waals surface area contributed by atoms with Gasteiger partial charge < -0.3 is 0 Å².